The van der Waals surface area contributed by atoms with E-state index in [9.17, 15) is 9.59 Å². The average Bonchev–Trinajstić information content (AvgIpc) is 3.43. The minimum absolute atomic E-state index is 0.102. The second-order valence-corrected chi connectivity index (χ2v) is 8.81. The van der Waals surface area contributed by atoms with Gasteiger partial charge in [0.15, 0.2) is 5.65 Å². The van der Waals surface area contributed by atoms with Crippen molar-refractivity contribution in [3.8, 4) is 5.88 Å². The Balaban J connectivity index is 1.53. The minimum atomic E-state index is -0.176. The fraction of sp³-hybridized carbons (Fsp3) is 0.417. The van der Waals surface area contributed by atoms with Crippen molar-refractivity contribution in [3.63, 3.8) is 0 Å². The molecule has 0 bridgehead atoms. The summed E-state index contributed by atoms with van der Waals surface area (Å²) in [6.07, 6.45) is 2.74. The van der Waals surface area contributed by atoms with Crippen LogP contribution in [0, 0.1) is 13.8 Å². The molecule has 1 aliphatic rings. The van der Waals surface area contributed by atoms with Crippen LogP contribution < -0.4 is 10.1 Å². The van der Waals surface area contributed by atoms with Gasteiger partial charge in [0.25, 0.3) is 5.91 Å². The lowest BCUT2D eigenvalue weighted by atomic mass is 10.00. The van der Waals surface area contributed by atoms with Crippen molar-refractivity contribution < 1.29 is 14.3 Å². The number of methoxy groups -OCH3 is 1. The first-order chi connectivity index (χ1) is 15.8. The van der Waals surface area contributed by atoms with Crippen LogP contribution in [0.4, 0.5) is 5.69 Å². The molecule has 174 valence electrons. The van der Waals surface area contributed by atoms with Crippen molar-refractivity contribution in [2.75, 3.05) is 25.5 Å². The van der Waals surface area contributed by atoms with Gasteiger partial charge in [-0.05, 0) is 62.4 Å². The maximum atomic E-state index is 12.9. The molecule has 33 heavy (non-hydrogen) atoms. The van der Waals surface area contributed by atoms with Crippen LogP contribution in [0.3, 0.4) is 0 Å². The number of hydrogen-bond acceptors (Lipinski definition) is 5. The van der Waals surface area contributed by atoms with Crippen LogP contribution >= 0.6 is 11.6 Å². The zero-order chi connectivity index (χ0) is 23.7. The summed E-state index contributed by atoms with van der Waals surface area (Å²) in [5.41, 5.74) is 4.52. The Morgan fingerprint density at radius 1 is 1.21 bits per heavy atom. The van der Waals surface area contributed by atoms with Crippen LogP contribution in [0.5, 0.6) is 5.88 Å². The predicted molar refractivity (Wildman–Crippen MR) is 128 cm³/mol. The Bertz CT molecular complexity index is 1230. The van der Waals surface area contributed by atoms with Crippen molar-refractivity contribution in [2.45, 2.75) is 39.5 Å². The molecule has 1 saturated heterocycles. The van der Waals surface area contributed by atoms with Gasteiger partial charge < -0.3 is 15.0 Å². The summed E-state index contributed by atoms with van der Waals surface area (Å²) in [4.78, 5) is 32.3. The Morgan fingerprint density at radius 2 is 1.94 bits per heavy atom. The van der Waals surface area contributed by atoms with Gasteiger partial charge >= 0.3 is 0 Å². The van der Waals surface area contributed by atoms with E-state index in [1.54, 1.807) is 34.9 Å². The van der Waals surface area contributed by atoms with Gasteiger partial charge in [-0.1, -0.05) is 11.6 Å². The van der Waals surface area contributed by atoms with Crippen molar-refractivity contribution >= 4 is 40.1 Å². The Labute approximate surface area is 197 Å². The quantitative estimate of drug-likeness (QED) is 0.588. The van der Waals surface area contributed by atoms with Gasteiger partial charge in [0.2, 0.25) is 11.8 Å². The smallest absolute Gasteiger partial charge is 0.256 e. The first-order valence-corrected chi connectivity index (χ1v) is 11.4. The number of anilines is 1. The first-order valence-electron chi connectivity index (χ1n) is 11.1. The zero-order valence-corrected chi connectivity index (χ0v) is 20.1. The molecule has 0 radical (unpaired) electrons. The maximum absolute atomic E-state index is 12.9. The number of hydrogen-bond donors (Lipinski definition) is 1. The van der Waals surface area contributed by atoms with Crippen LogP contribution in [0.25, 0.3) is 11.0 Å². The number of benzene rings is 1. The molecule has 2 amide bonds. The fourth-order valence-electron chi connectivity index (χ4n) is 4.45. The van der Waals surface area contributed by atoms with E-state index in [0.717, 1.165) is 53.8 Å². The maximum Gasteiger partial charge on any atom is 0.256 e. The van der Waals surface area contributed by atoms with E-state index < -0.39 is 0 Å². The molecule has 9 heteroatoms. The summed E-state index contributed by atoms with van der Waals surface area (Å²) in [5.74, 6) is 0.245. The highest BCUT2D eigenvalue weighted by atomic mass is 35.5. The molecule has 0 atom stereocenters. The number of nitrogens with zero attached hydrogens (tertiary/aromatic N) is 4. The second kappa shape index (κ2) is 9.39. The normalized spacial score (nSPS) is 13.5. The van der Waals surface area contributed by atoms with Gasteiger partial charge in [0, 0.05) is 37.3 Å². The molecule has 0 aliphatic carbocycles. The lowest BCUT2D eigenvalue weighted by Gasteiger charge is -2.18. The van der Waals surface area contributed by atoms with E-state index in [2.05, 4.69) is 15.4 Å². The number of likely N-dealkylation sites (tertiary alicyclic amines) is 1. The van der Waals surface area contributed by atoms with E-state index in [1.807, 2.05) is 20.9 Å². The number of aromatic nitrogens is 3. The summed E-state index contributed by atoms with van der Waals surface area (Å²) in [6, 6.07) is 4.99. The molecule has 1 aliphatic heterocycles. The number of pyridine rings is 1. The third-order valence-electron chi connectivity index (χ3n) is 6.20. The molecule has 8 nitrogen and oxygen atoms in total. The number of carbonyl (C=O) groups is 2. The number of nitrogens with one attached hydrogen (secondary N) is 1. The standard InChI is InChI=1S/C24H28ClN5O3/c1-14-17(15(2)26-22-21(14)23(33-4)28-29(22)3)8-10-20(31)27-19-9-7-16(25)13-18(19)24(32)30-11-5-6-12-30/h7,9,13H,5-6,8,10-12H2,1-4H3,(H,27,31). The van der Waals surface area contributed by atoms with Crippen molar-refractivity contribution in [1.82, 2.24) is 19.7 Å². The summed E-state index contributed by atoms with van der Waals surface area (Å²) in [7, 11) is 3.42. The third-order valence-corrected chi connectivity index (χ3v) is 6.43. The largest absolute Gasteiger partial charge is 0.479 e. The molecule has 2 aromatic heterocycles. The molecule has 1 N–H and O–H groups in total. The number of fused-ring (bicyclic) bond motifs is 1. The molecule has 0 saturated carbocycles. The lowest BCUT2D eigenvalue weighted by Crippen LogP contribution is -2.29. The van der Waals surface area contributed by atoms with Gasteiger partial charge in [-0.2, -0.15) is 0 Å². The number of ether oxygens (including phenoxy) is 1. The van der Waals surface area contributed by atoms with Crippen molar-refractivity contribution in [2.24, 2.45) is 7.05 Å². The molecule has 3 heterocycles. The lowest BCUT2D eigenvalue weighted by molar-refractivity contribution is -0.116. The van der Waals surface area contributed by atoms with Gasteiger partial charge in [-0.25, -0.2) is 9.67 Å². The van der Waals surface area contributed by atoms with Crippen LogP contribution in [0.15, 0.2) is 18.2 Å². The molecule has 3 aromatic rings. The molecule has 0 spiro atoms. The van der Waals surface area contributed by atoms with Crippen LogP contribution in [-0.4, -0.2) is 51.7 Å². The number of carbonyl (C=O) groups excluding carboxylic acids is 2. The van der Waals surface area contributed by atoms with Gasteiger partial charge in [-0.15, -0.1) is 5.10 Å². The SMILES string of the molecule is COc1nn(C)c2nc(C)c(CCC(=O)Nc3ccc(Cl)cc3C(=O)N3CCCC3)c(C)c12. The number of rotatable bonds is 6. The van der Waals surface area contributed by atoms with Crippen LogP contribution in [0.2, 0.25) is 5.02 Å². The highest BCUT2D eigenvalue weighted by Crippen LogP contribution is 2.31. The predicted octanol–water partition coefficient (Wildman–Crippen LogP) is 4.05. The molecule has 1 aromatic carbocycles. The summed E-state index contributed by atoms with van der Waals surface area (Å²) in [5, 5.41) is 8.61. The number of halogens is 1. The van der Waals surface area contributed by atoms with E-state index in [0.29, 0.717) is 28.6 Å². The Hall–Kier alpha value is -3.13. The molecule has 1 fully saturated rings. The first kappa shape index (κ1) is 23.0. The summed E-state index contributed by atoms with van der Waals surface area (Å²) in [6.45, 7) is 5.39. The van der Waals surface area contributed by atoms with Crippen molar-refractivity contribution in [1.29, 1.82) is 0 Å². The van der Waals surface area contributed by atoms with E-state index >= 15 is 0 Å². The average molecular weight is 470 g/mol. The second-order valence-electron chi connectivity index (χ2n) is 8.37. The van der Waals surface area contributed by atoms with Gasteiger partial charge in [-0.3, -0.25) is 9.59 Å². The fourth-order valence-corrected chi connectivity index (χ4v) is 4.62. The molecular weight excluding hydrogens is 442 g/mol. The van der Waals surface area contributed by atoms with Gasteiger partial charge in [0.1, 0.15) is 0 Å². The molecule has 0 unspecified atom stereocenters. The third kappa shape index (κ3) is 4.53. The van der Waals surface area contributed by atoms with Crippen LogP contribution in [-0.2, 0) is 18.3 Å². The molecular formula is C24H28ClN5O3. The minimum Gasteiger partial charge on any atom is -0.479 e. The number of aryl methyl sites for hydroxylation is 3. The van der Waals surface area contributed by atoms with Gasteiger partial charge in [0.05, 0.1) is 23.7 Å². The topological polar surface area (TPSA) is 89.3 Å². The van der Waals surface area contributed by atoms with E-state index in [4.69, 9.17) is 16.3 Å². The van der Waals surface area contributed by atoms with E-state index in [-0.39, 0.29) is 18.2 Å². The van der Waals surface area contributed by atoms with Crippen LogP contribution in [0.1, 0.15) is 46.4 Å². The highest BCUT2D eigenvalue weighted by molar-refractivity contribution is 6.31. The van der Waals surface area contributed by atoms with E-state index in [1.165, 1.54) is 0 Å². The zero-order valence-electron chi connectivity index (χ0n) is 19.4. The summed E-state index contributed by atoms with van der Waals surface area (Å²) < 4.78 is 7.12. The Morgan fingerprint density at radius 3 is 2.64 bits per heavy atom. The Kier molecular flexibility index (Phi) is 6.56. The summed E-state index contributed by atoms with van der Waals surface area (Å²) >= 11 is 6.15. The monoisotopic (exact) mass is 469 g/mol. The number of amides is 2. The molecule has 4 rings (SSSR count). The highest BCUT2D eigenvalue weighted by Gasteiger charge is 2.23. The van der Waals surface area contributed by atoms with Crippen molar-refractivity contribution in [3.05, 3.63) is 45.6 Å².